The molecule has 0 spiro atoms. The Bertz CT molecular complexity index is 714. The van der Waals surface area contributed by atoms with E-state index >= 15 is 0 Å². The van der Waals surface area contributed by atoms with E-state index in [1.165, 1.54) is 35.7 Å². The maximum atomic E-state index is 12.5. The smallest absolute Gasteiger partial charge is 0.335 e. The number of carbonyl (C=O) groups excluding carboxylic acids is 2. The first kappa shape index (κ1) is 18.7. The molecule has 1 heterocycles. The Hall–Kier alpha value is -2.61. The summed E-state index contributed by atoms with van der Waals surface area (Å²) in [5.74, 6) is -1.51. The van der Waals surface area contributed by atoms with Crippen LogP contribution in [0.3, 0.4) is 0 Å². The number of benzene rings is 1. The number of carboxylic acids is 1. The molecule has 1 amide bonds. The van der Waals surface area contributed by atoms with Gasteiger partial charge in [-0.2, -0.15) is 0 Å². The van der Waals surface area contributed by atoms with Gasteiger partial charge in [0.2, 0.25) is 5.91 Å². The van der Waals surface area contributed by atoms with E-state index < -0.39 is 5.97 Å². The number of amidine groups is 1. The molecule has 1 aliphatic rings. The lowest BCUT2D eigenvalue weighted by atomic mass is 10.2. The second kappa shape index (κ2) is 8.48. The molecular formula is C17H18N2O5S. The van der Waals surface area contributed by atoms with Gasteiger partial charge in [-0.3, -0.25) is 14.5 Å². The molecule has 1 atom stereocenters. The molecule has 0 aromatic heterocycles. The van der Waals surface area contributed by atoms with Crippen LogP contribution in [0.4, 0.5) is 5.69 Å². The molecule has 1 saturated heterocycles. The number of hydrogen-bond donors (Lipinski definition) is 1. The third-order valence-electron chi connectivity index (χ3n) is 3.36. The monoisotopic (exact) mass is 362 g/mol. The van der Waals surface area contributed by atoms with Crippen LogP contribution in [0, 0.1) is 0 Å². The van der Waals surface area contributed by atoms with Crippen LogP contribution < -0.4 is 0 Å². The van der Waals surface area contributed by atoms with Crippen molar-refractivity contribution in [1.82, 2.24) is 4.90 Å². The molecule has 8 heteroatoms. The van der Waals surface area contributed by atoms with Gasteiger partial charge in [-0.25, -0.2) is 9.79 Å². The highest BCUT2D eigenvalue weighted by Gasteiger charge is 2.37. The topological polar surface area (TPSA) is 96.3 Å². The molecule has 1 aromatic rings. The molecular weight excluding hydrogens is 344 g/mol. The Balaban J connectivity index is 2.15. The second-order valence-electron chi connectivity index (χ2n) is 5.22. The van der Waals surface area contributed by atoms with Crippen molar-refractivity contribution in [3.05, 3.63) is 42.5 Å². The average molecular weight is 362 g/mol. The van der Waals surface area contributed by atoms with E-state index in [0.717, 1.165) is 0 Å². The van der Waals surface area contributed by atoms with Gasteiger partial charge >= 0.3 is 11.9 Å². The van der Waals surface area contributed by atoms with E-state index in [1.54, 1.807) is 18.2 Å². The van der Waals surface area contributed by atoms with Gasteiger partial charge in [0, 0.05) is 19.9 Å². The number of aliphatic imine (C=N–C) groups is 1. The summed E-state index contributed by atoms with van der Waals surface area (Å²) >= 11 is 1.29. The molecule has 1 aliphatic heterocycles. The molecule has 2 rings (SSSR count). The first-order valence-electron chi connectivity index (χ1n) is 7.56. The normalized spacial score (nSPS) is 18.4. The number of nitrogens with zero attached hydrogens (tertiary/aromatic N) is 2. The fraction of sp³-hybridized carbons (Fsp3) is 0.294. The van der Waals surface area contributed by atoms with Gasteiger partial charge in [0.1, 0.15) is 0 Å². The predicted octanol–water partition coefficient (Wildman–Crippen LogP) is 2.46. The predicted molar refractivity (Wildman–Crippen MR) is 95.0 cm³/mol. The molecule has 1 unspecified atom stereocenters. The summed E-state index contributed by atoms with van der Waals surface area (Å²) in [7, 11) is 0. The van der Waals surface area contributed by atoms with Crippen LogP contribution in [0.2, 0.25) is 0 Å². The number of ether oxygens (including phenoxy) is 1. The van der Waals surface area contributed by atoms with Crippen molar-refractivity contribution in [3.63, 3.8) is 0 Å². The van der Waals surface area contributed by atoms with Crippen LogP contribution in [0.15, 0.2) is 41.9 Å². The summed E-state index contributed by atoms with van der Waals surface area (Å²) in [6, 6.07) is 6.08. The first-order valence-corrected chi connectivity index (χ1v) is 8.44. The zero-order valence-corrected chi connectivity index (χ0v) is 14.5. The van der Waals surface area contributed by atoms with E-state index in [-0.39, 0.29) is 29.3 Å². The quantitative estimate of drug-likeness (QED) is 0.591. The second-order valence-corrected chi connectivity index (χ2v) is 6.39. The van der Waals surface area contributed by atoms with Crippen molar-refractivity contribution in [3.8, 4) is 0 Å². The number of aromatic carboxylic acids is 1. The summed E-state index contributed by atoms with van der Waals surface area (Å²) in [5, 5.41) is 9.06. The SMILES string of the molecule is C=CCN1C(=O)C(CCOC(C)=O)SC1=Nc1ccc(C(=O)O)cc1. The van der Waals surface area contributed by atoms with Crippen molar-refractivity contribution in [2.75, 3.05) is 13.2 Å². The number of amides is 1. The fourth-order valence-corrected chi connectivity index (χ4v) is 3.32. The zero-order chi connectivity index (χ0) is 18.4. The molecule has 1 N–H and O–H groups in total. The Kier molecular flexibility index (Phi) is 6.35. The van der Waals surface area contributed by atoms with Crippen LogP contribution in [0.25, 0.3) is 0 Å². The minimum atomic E-state index is -1.01. The molecule has 0 radical (unpaired) electrons. The summed E-state index contributed by atoms with van der Waals surface area (Å²) in [6.45, 7) is 5.46. The van der Waals surface area contributed by atoms with Crippen molar-refractivity contribution in [2.45, 2.75) is 18.6 Å². The third-order valence-corrected chi connectivity index (χ3v) is 4.60. The maximum absolute atomic E-state index is 12.5. The Morgan fingerprint density at radius 3 is 2.64 bits per heavy atom. The lowest BCUT2D eigenvalue weighted by Crippen LogP contribution is -2.32. The van der Waals surface area contributed by atoms with E-state index in [9.17, 15) is 14.4 Å². The first-order chi connectivity index (χ1) is 11.9. The third kappa shape index (κ3) is 4.93. The van der Waals surface area contributed by atoms with Gasteiger partial charge in [-0.1, -0.05) is 17.8 Å². The van der Waals surface area contributed by atoms with E-state index in [4.69, 9.17) is 9.84 Å². The minimum Gasteiger partial charge on any atom is -0.478 e. The summed E-state index contributed by atoms with van der Waals surface area (Å²) in [4.78, 5) is 40.2. The molecule has 1 fully saturated rings. The highest BCUT2D eigenvalue weighted by Crippen LogP contribution is 2.31. The van der Waals surface area contributed by atoms with Crippen LogP contribution >= 0.6 is 11.8 Å². The highest BCUT2D eigenvalue weighted by molar-refractivity contribution is 8.15. The maximum Gasteiger partial charge on any atom is 0.335 e. The summed E-state index contributed by atoms with van der Waals surface area (Å²) in [6.07, 6.45) is 2.00. The largest absolute Gasteiger partial charge is 0.478 e. The minimum absolute atomic E-state index is 0.113. The van der Waals surface area contributed by atoms with Gasteiger partial charge in [0.25, 0.3) is 0 Å². The molecule has 7 nitrogen and oxygen atoms in total. The van der Waals surface area contributed by atoms with Crippen LogP contribution in [-0.4, -0.2) is 51.4 Å². The zero-order valence-electron chi connectivity index (χ0n) is 13.7. The average Bonchev–Trinajstić information content (AvgIpc) is 2.84. The Labute approximate surface area is 149 Å². The molecule has 0 aliphatic carbocycles. The number of esters is 1. The number of rotatable bonds is 7. The van der Waals surface area contributed by atoms with Crippen molar-refractivity contribution < 1.29 is 24.2 Å². The van der Waals surface area contributed by atoms with Crippen molar-refractivity contribution >= 4 is 40.5 Å². The summed E-state index contributed by atoms with van der Waals surface area (Å²) in [5.41, 5.74) is 0.719. The Morgan fingerprint density at radius 1 is 1.40 bits per heavy atom. The summed E-state index contributed by atoms with van der Waals surface area (Å²) < 4.78 is 4.90. The lowest BCUT2D eigenvalue weighted by molar-refractivity contribution is -0.141. The van der Waals surface area contributed by atoms with Gasteiger partial charge in [0.05, 0.1) is 23.1 Å². The lowest BCUT2D eigenvalue weighted by Gasteiger charge is -2.13. The van der Waals surface area contributed by atoms with E-state index in [2.05, 4.69) is 11.6 Å². The molecule has 0 saturated carbocycles. The van der Waals surface area contributed by atoms with Crippen LogP contribution in [-0.2, 0) is 14.3 Å². The molecule has 1 aromatic carbocycles. The van der Waals surface area contributed by atoms with E-state index in [0.29, 0.717) is 23.8 Å². The fourth-order valence-electron chi connectivity index (χ4n) is 2.17. The number of carbonyl (C=O) groups is 3. The number of carboxylic acid groups (broad SMARTS) is 1. The Morgan fingerprint density at radius 2 is 2.08 bits per heavy atom. The van der Waals surface area contributed by atoms with E-state index in [1.807, 2.05) is 0 Å². The van der Waals surface area contributed by atoms with Gasteiger partial charge in [-0.05, 0) is 24.3 Å². The van der Waals surface area contributed by atoms with Gasteiger partial charge in [-0.15, -0.1) is 6.58 Å². The highest BCUT2D eigenvalue weighted by atomic mass is 32.2. The number of thioether (sulfide) groups is 1. The molecule has 132 valence electrons. The standard InChI is InChI=1S/C17H18N2O5S/c1-3-9-19-15(21)14(8-10-24-11(2)20)25-17(19)18-13-6-4-12(5-7-13)16(22)23/h3-7,14H,1,8-10H2,2H3,(H,22,23). The number of hydrogen-bond acceptors (Lipinski definition) is 6. The van der Waals surface area contributed by atoms with Crippen molar-refractivity contribution in [2.24, 2.45) is 4.99 Å². The molecule has 25 heavy (non-hydrogen) atoms. The van der Waals surface area contributed by atoms with Crippen LogP contribution in [0.5, 0.6) is 0 Å². The van der Waals surface area contributed by atoms with Crippen molar-refractivity contribution in [1.29, 1.82) is 0 Å². The van der Waals surface area contributed by atoms with Gasteiger partial charge < -0.3 is 9.84 Å². The molecule has 0 bridgehead atoms. The van der Waals surface area contributed by atoms with Crippen LogP contribution in [0.1, 0.15) is 23.7 Å². The van der Waals surface area contributed by atoms with Gasteiger partial charge in [0.15, 0.2) is 5.17 Å².